The number of amides is 2. The molecule has 6 nitrogen and oxygen atoms in total. The predicted molar refractivity (Wildman–Crippen MR) is 120 cm³/mol. The maximum atomic E-state index is 12.8. The van der Waals surface area contributed by atoms with Gasteiger partial charge in [0.05, 0.1) is 17.1 Å². The second kappa shape index (κ2) is 9.75. The van der Waals surface area contributed by atoms with Crippen molar-refractivity contribution in [2.45, 2.75) is 20.0 Å². The first-order valence-electron chi connectivity index (χ1n) is 10.3. The number of carbonyl (C=O) groups is 2. The Labute approximate surface area is 186 Å². The largest absolute Gasteiger partial charge is 0.489 e. The fourth-order valence-electron chi connectivity index (χ4n) is 3.53. The third-order valence-electron chi connectivity index (χ3n) is 5.27. The number of aromatic nitrogens is 1. The summed E-state index contributed by atoms with van der Waals surface area (Å²) in [5.74, 6) is 0.780. The zero-order valence-electron chi connectivity index (χ0n) is 17.5. The van der Waals surface area contributed by atoms with Gasteiger partial charge in [-0.05, 0) is 36.8 Å². The molecule has 2 heterocycles. The number of benzene rings is 2. The first kappa shape index (κ1) is 21.1. The highest BCUT2D eigenvalue weighted by molar-refractivity contribution is 7.09. The molecule has 2 amide bonds. The lowest BCUT2D eigenvalue weighted by Gasteiger charge is -2.34. The molecule has 4 rings (SSSR count). The molecule has 1 fully saturated rings. The van der Waals surface area contributed by atoms with Gasteiger partial charge in [-0.3, -0.25) is 9.59 Å². The van der Waals surface area contributed by atoms with Crippen LogP contribution in [0.3, 0.4) is 0 Å². The summed E-state index contributed by atoms with van der Waals surface area (Å²) in [5.41, 5.74) is 2.55. The van der Waals surface area contributed by atoms with E-state index in [0.717, 1.165) is 22.0 Å². The molecule has 1 aromatic heterocycles. The van der Waals surface area contributed by atoms with Crippen molar-refractivity contribution in [3.8, 4) is 5.75 Å². The predicted octanol–water partition coefficient (Wildman–Crippen LogP) is 3.56. The molecule has 0 bridgehead atoms. The second-order valence-electron chi connectivity index (χ2n) is 7.51. The average Bonchev–Trinajstić information content (AvgIpc) is 3.22. The van der Waals surface area contributed by atoms with Crippen LogP contribution in [0.15, 0.2) is 60.0 Å². The van der Waals surface area contributed by atoms with Crippen molar-refractivity contribution in [2.75, 3.05) is 26.2 Å². The van der Waals surface area contributed by atoms with E-state index < -0.39 is 0 Å². The summed E-state index contributed by atoms with van der Waals surface area (Å²) in [6.07, 6.45) is 0.322. The van der Waals surface area contributed by atoms with Gasteiger partial charge in [0.25, 0.3) is 5.91 Å². The highest BCUT2D eigenvalue weighted by Crippen LogP contribution is 2.17. The van der Waals surface area contributed by atoms with Gasteiger partial charge in [-0.15, -0.1) is 11.3 Å². The molecule has 1 saturated heterocycles. The highest BCUT2D eigenvalue weighted by Gasteiger charge is 2.25. The zero-order chi connectivity index (χ0) is 21.6. The molecular formula is C24H25N3O3S. The van der Waals surface area contributed by atoms with Crippen LogP contribution in [-0.4, -0.2) is 52.8 Å². The van der Waals surface area contributed by atoms with Gasteiger partial charge in [0.1, 0.15) is 12.4 Å². The molecule has 1 aliphatic rings. The summed E-state index contributed by atoms with van der Waals surface area (Å²) in [7, 11) is 0. The van der Waals surface area contributed by atoms with Crippen LogP contribution in [0.1, 0.15) is 26.6 Å². The molecule has 0 saturated carbocycles. The van der Waals surface area contributed by atoms with Gasteiger partial charge in [-0.1, -0.05) is 30.3 Å². The van der Waals surface area contributed by atoms with Crippen LogP contribution in [0.2, 0.25) is 0 Å². The minimum Gasteiger partial charge on any atom is -0.489 e. The number of rotatable bonds is 6. The molecule has 0 unspecified atom stereocenters. The molecule has 31 heavy (non-hydrogen) atoms. The Kier molecular flexibility index (Phi) is 6.62. The Bertz CT molecular complexity index is 1030. The fourth-order valence-corrected chi connectivity index (χ4v) is 4.14. The quantitative estimate of drug-likeness (QED) is 0.594. The summed E-state index contributed by atoms with van der Waals surface area (Å²) in [6, 6.07) is 17.2. The SMILES string of the molecule is Cc1nc(CC(=O)N2CCN(C(=O)c3ccc(OCc4ccccc4)cc3)CC2)cs1. The lowest BCUT2D eigenvalue weighted by Crippen LogP contribution is -2.51. The Hall–Kier alpha value is -3.19. The number of thiazole rings is 1. The van der Waals surface area contributed by atoms with E-state index in [9.17, 15) is 9.59 Å². The molecular weight excluding hydrogens is 410 g/mol. The fraction of sp³-hybridized carbons (Fsp3) is 0.292. The van der Waals surface area contributed by atoms with Gasteiger partial charge in [-0.2, -0.15) is 0 Å². The standard InChI is InChI=1S/C24H25N3O3S/c1-18-25-21(17-31-18)15-23(28)26-11-13-27(14-12-26)24(29)20-7-9-22(10-8-20)30-16-19-5-3-2-4-6-19/h2-10,17H,11-16H2,1H3. The van der Waals surface area contributed by atoms with Gasteiger partial charge >= 0.3 is 0 Å². The molecule has 7 heteroatoms. The van der Waals surface area contributed by atoms with Gasteiger partial charge in [0.2, 0.25) is 5.91 Å². The molecule has 0 spiro atoms. The number of aryl methyl sites for hydroxylation is 1. The van der Waals surface area contributed by atoms with Crippen LogP contribution in [-0.2, 0) is 17.8 Å². The normalized spacial score (nSPS) is 13.8. The molecule has 160 valence electrons. The lowest BCUT2D eigenvalue weighted by atomic mass is 10.1. The second-order valence-corrected chi connectivity index (χ2v) is 8.57. The van der Waals surface area contributed by atoms with Crippen LogP contribution in [0, 0.1) is 6.92 Å². The van der Waals surface area contributed by atoms with Crippen molar-refractivity contribution in [3.05, 3.63) is 81.8 Å². The Morgan fingerprint density at radius 1 is 0.968 bits per heavy atom. The molecule has 1 aliphatic heterocycles. The maximum absolute atomic E-state index is 12.8. The van der Waals surface area contributed by atoms with Crippen LogP contribution >= 0.6 is 11.3 Å². The van der Waals surface area contributed by atoms with E-state index in [4.69, 9.17) is 4.74 Å². The monoisotopic (exact) mass is 435 g/mol. The van der Waals surface area contributed by atoms with Crippen molar-refractivity contribution < 1.29 is 14.3 Å². The summed E-state index contributed by atoms with van der Waals surface area (Å²) in [4.78, 5) is 33.3. The van der Waals surface area contributed by atoms with Crippen LogP contribution in [0.5, 0.6) is 5.75 Å². The van der Waals surface area contributed by atoms with E-state index in [1.165, 1.54) is 0 Å². The summed E-state index contributed by atoms with van der Waals surface area (Å²) < 4.78 is 5.79. The van der Waals surface area contributed by atoms with Gasteiger partial charge in [-0.25, -0.2) is 4.98 Å². The van der Waals surface area contributed by atoms with E-state index in [1.807, 2.05) is 59.7 Å². The van der Waals surface area contributed by atoms with Crippen molar-refractivity contribution in [1.82, 2.24) is 14.8 Å². The molecule has 0 aliphatic carbocycles. The molecule has 0 N–H and O–H groups in total. The van der Waals surface area contributed by atoms with Crippen LogP contribution < -0.4 is 4.74 Å². The molecule has 0 radical (unpaired) electrons. The maximum Gasteiger partial charge on any atom is 0.253 e. The Balaban J connectivity index is 1.26. The van der Waals surface area contributed by atoms with E-state index in [-0.39, 0.29) is 11.8 Å². The first-order valence-corrected chi connectivity index (χ1v) is 11.2. The number of carbonyl (C=O) groups excluding carboxylic acids is 2. The number of hydrogen-bond donors (Lipinski definition) is 0. The van der Waals surface area contributed by atoms with E-state index in [0.29, 0.717) is 44.8 Å². The van der Waals surface area contributed by atoms with Gasteiger partial charge < -0.3 is 14.5 Å². The number of nitrogens with zero attached hydrogens (tertiary/aromatic N) is 3. The number of hydrogen-bond acceptors (Lipinski definition) is 5. The topological polar surface area (TPSA) is 62.7 Å². The lowest BCUT2D eigenvalue weighted by molar-refractivity contribution is -0.132. The number of piperazine rings is 1. The van der Waals surface area contributed by atoms with Crippen molar-refractivity contribution >= 4 is 23.2 Å². The smallest absolute Gasteiger partial charge is 0.253 e. The summed E-state index contributed by atoms with van der Waals surface area (Å²) in [5, 5.41) is 2.90. The zero-order valence-corrected chi connectivity index (χ0v) is 18.3. The minimum atomic E-state index is -0.0168. The van der Waals surface area contributed by atoms with Crippen molar-refractivity contribution in [3.63, 3.8) is 0 Å². The third kappa shape index (κ3) is 5.49. The average molecular weight is 436 g/mol. The summed E-state index contributed by atoms with van der Waals surface area (Å²) in [6.45, 7) is 4.59. The molecule has 2 aromatic carbocycles. The minimum absolute atomic E-state index is 0.0168. The highest BCUT2D eigenvalue weighted by atomic mass is 32.1. The third-order valence-corrected chi connectivity index (χ3v) is 6.09. The summed E-state index contributed by atoms with van der Waals surface area (Å²) >= 11 is 1.55. The van der Waals surface area contributed by atoms with E-state index in [1.54, 1.807) is 28.4 Å². The molecule has 3 aromatic rings. The Morgan fingerprint density at radius 2 is 1.65 bits per heavy atom. The van der Waals surface area contributed by atoms with Crippen molar-refractivity contribution in [2.24, 2.45) is 0 Å². The van der Waals surface area contributed by atoms with Gasteiger partial charge in [0, 0.05) is 37.1 Å². The van der Waals surface area contributed by atoms with Crippen molar-refractivity contribution in [1.29, 1.82) is 0 Å². The van der Waals surface area contributed by atoms with Crippen LogP contribution in [0.4, 0.5) is 0 Å². The van der Waals surface area contributed by atoms with Crippen LogP contribution in [0.25, 0.3) is 0 Å². The van der Waals surface area contributed by atoms with Gasteiger partial charge in [0.15, 0.2) is 0 Å². The van der Waals surface area contributed by atoms with E-state index >= 15 is 0 Å². The Morgan fingerprint density at radius 3 is 2.29 bits per heavy atom. The van der Waals surface area contributed by atoms with E-state index in [2.05, 4.69) is 4.98 Å². The number of ether oxygens (including phenoxy) is 1. The molecule has 0 atom stereocenters. The first-order chi connectivity index (χ1) is 15.1.